The summed E-state index contributed by atoms with van der Waals surface area (Å²) in [6.07, 6.45) is 5.29. The summed E-state index contributed by atoms with van der Waals surface area (Å²) in [7, 11) is 1.58. The second-order valence-corrected chi connectivity index (χ2v) is 5.74. The van der Waals surface area contributed by atoms with Gasteiger partial charge in [-0.3, -0.25) is 4.98 Å². The molecule has 3 aromatic rings. The highest BCUT2D eigenvalue weighted by Crippen LogP contribution is 2.29. The van der Waals surface area contributed by atoms with Crippen LogP contribution in [0.3, 0.4) is 0 Å². The highest BCUT2D eigenvalue weighted by Gasteiger charge is 2.05. The molecule has 0 bridgehead atoms. The zero-order chi connectivity index (χ0) is 19.1. The molecular formula is C22H17FN2O2. The number of aromatic nitrogens is 1. The summed E-state index contributed by atoms with van der Waals surface area (Å²) in [5.41, 5.74) is 3.07. The van der Waals surface area contributed by atoms with Crippen LogP contribution in [0.4, 0.5) is 4.39 Å². The van der Waals surface area contributed by atoms with E-state index in [9.17, 15) is 4.39 Å². The molecule has 0 aliphatic rings. The fourth-order valence-electron chi connectivity index (χ4n) is 2.40. The predicted octanol–water partition coefficient (Wildman–Crippen LogP) is 4.85. The fourth-order valence-corrected chi connectivity index (χ4v) is 2.40. The van der Waals surface area contributed by atoms with Crippen LogP contribution in [-0.4, -0.2) is 12.1 Å². The van der Waals surface area contributed by atoms with Crippen molar-refractivity contribution in [2.24, 2.45) is 0 Å². The number of halogens is 1. The zero-order valence-electron chi connectivity index (χ0n) is 14.7. The second-order valence-electron chi connectivity index (χ2n) is 5.74. The molecule has 0 spiro atoms. The van der Waals surface area contributed by atoms with E-state index in [1.807, 2.05) is 36.4 Å². The van der Waals surface area contributed by atoms with Crippen molar-refractivity contribution in [2.45, 2.75) is 6.61 Å². The summed E-state index contributed by atoms with van der Waals surface area (Å²) in [4.78, 5) is 4.20. The van der Waals surface area contributed by atoms with E-state index in [0.29, 0.717) is 23.7 Å². The minimum absolute atomic E-state index is 0.274. The van der Waals surface area contributed by atoms with Gasteiger partial charge in [0.25, 0.3) is 0 Å². The standard InChI is InChI=1S/C22H17FN2O2/c1-26-22-12-16(4-9-20-10-5-18(13-24)14-25-20)6-11-21(22)27-15-17-2-7-19(23)8-3-17/h2-12,14H,15H2,1H3/b9-4+. The van der Waals surface area contributed by atoms with Crippen molar-refractivity contribution in [3.05, 3.63) is 89.0 Å². The molecule has 27 heavy (non-hydrogen) atoms. The average Bonchev–Trinajstić information content (AvgIpc) is 2.72. The van der Waals surface area contributed by atoms with Crippen molar-refractivity contribution in [1.82, 2.24) is 4.98 Å². The Morgan fingerprint density at radius 1 is 1.04 bits per heavy atom. The van der Waals surface area contributed by atoms with Crippen LogP contribution in [-0.2, 0) is 6.61 Å². The van der Waals surface area contributed by atoms with Gasteiger partial charge in [0.1, 0.15) is 18.5 Å². The number of ether oxygens (including phenoxy) is 2. The molecule has 5 heteroatoms. The summed E-state index contributed by atoms with van der Waals surface area (Å²) in [6, 6.07) is 17.3. The molecule has 1 aromatic heterocycles. The molecule has 0 saturated carbocycles. The summed E-state index contributed by atoms with van der Waals surface area (Å²) >= 11 is 0. The van der Waals surface area contributed by atoms with Crippen molar-refractivity contribution in [3.63, 3.8) is 0 Å². The number of benzene rings is 2. The molecule has 0 amide bonds. The third-order valence-corrected chi connectivity index (χ3v) is 3.86. The van der Waals surface area contributed by atoms with Crippen LogP contribution in [0.1, 0.15) is 22.4 Å². The Labute approximate surface area is 157 Å². The first-order valence-corrected chi connectivity index (χ1v) is 8.27. The highest BCUT2D eigenvalue weighted by atomic mass is 19.1. The van der Waals surface area contributed by atoms with Gasteiger partial charge in [-0.05, 0) is 53.6 Å². The number of hydrogen-bond acceptors (Lipinski definition) is 4. The number of hydrogen-bond donors (Lipinski definition) is 0. The van der Waals surface area contributed by atoms with Crippen LogP contribution in [0.15, 0.2) is 60.8 Å². The Bertz CT molecular complexity index is 975. The number of rotatable bonds is 6. The third-order valence-electron chi connectivity index (χ3n) is 3.86. The number of methoxy groups -OCH3 is 1. The Kier molecular flexibility index (Phi) is 5.80. The first-order chi connectivity index (χ1) is 13.2. The maximum absolute atomic E-state index is 13.0. The third kappa shape index (κ3) is 4.93. The van der Waals surface area contributed by atoms with Crippen LogP contribution in [0, 0.1) is 17.1 Å². The topological polar surface area (TPSA) is 55.1 Å². The number of pyridine rings is 1. The van der Waals surface area contributed by atoms with Crippen LogP contribution in [0.25, 0.3) is 12.2 Å². The normalized spacial score (nSPS) is 10.6. The number of nitriles is 1. The lowest BCUT2D eigenvalue weighted by molar-refractivity contribution is 0.284. The Morgan fingerprint density at radius 2 is 1.85 bits per heavy atom. The van der Waals surface area contributed by atoms with Crippen molar-refractivity contribution in [1.29, 1.82) is 5.26 Å². The molecule has 0 fully saturated rings. The van der Waals surface area contributed by atoms with Crippen LogP contribution >= 0.6 is 0 Å². The van der Waals surface area contributed by atoms with Gasteiger partial charge >= 0.3 is 0 Å². The van der Waals surface area contributed by atoms with E-state index in [1.54, 1.807) is 31.4 Å². The van der Waals surface area contributed by atoms with Gasteiger partial charge in [0.05, 0.1) is 18.4 Å². The molecule has 1 heterocycles. The van der Waals surface area contributed by atoms with Crippen LogP contribution in [0.5, 0.6) is 11.5 Å². The van der Waals surface area contributed by atoms with Gasteiger partial charge in [-0.2, -0.15) is 5.26 Å². The van der Waals surface area contributed by atoms with E-state index < -0.39 is 0 Å². The maximum atomic E-state index is 13.0. The van der Waals surface area contributed by atoms with E-state index in [1.165, 1.54) is 18.3 Å². The summed E-state index contributed by atoms with van der Waals surface area (Å²) in [5, 5.41) is 8.80. The molecule has 0 N–H and O–H groups in total. The minimum Gasteiger partial charge on any atom is -0.493 e. The molecule has 0 saturated heterocycles. The van der Waals surface area contributed by atoms with Crippen molar-refractivity contribution in [3.8, 4) is 17.6 Å². The quantitative estimate of drug-likeness (QED) is 0.630. The van der Waals surface area contributed by atoms with Crippen LogP contribution in [0.2, 0.25) is 0 Å². The first kappa shape index (κ1) is 18.2. The lowest BCUT2D eigenvalue weighted by atomic mass is 10.1. The van der Waals surface area contributed by atoms with E-state index in [0.717, 1.165) is 16.8 Å². The summed E-state index contributed by atoms with van der Waals surface area (Å²) in [6.45, 7) is 0.320. The first-order valence-electron chi connectivity index (χ1n) is 8.27. The molecule has 0 atom stereocenters. The molecule has 134 valence electrons. The highest BCUT2D eigenvalue weighted by molar-refractivity contribution is 5.69. The van der Waals surface area contributed by atoms with Gasteiger partial charge in [0.2, 0.25) is 0 Å². The monoisotopic (exact) mass is 360 g/mol. The van der Waals surface area contributed by atoms with Gasteiger partial charge in [0.15, 0.2) is 11.5 Å². The molecule has 2 aromatic carbocycles. The predicted molar refractivity (Wildman–Crippen MR) is 102 cm³/mol. The average molecular weight is 360 g/mol. The van der Waals surface area contributed by atoms with Gasteiger partial charge in [0, 0.05) is 6.20 Å². The molecule has 4 nitrogen and oxygen atoms in total. The molecule has 3 rings (SSSR count). The molecule has 0 aliphatic carbocycles. The van der Waals surface area contributed by atoms with Crippen LogP contribution < -0.4 is 9.47 Å². The van der Waals surface area contributed by atoms with E-state index >= 15 is 0 Å². The van der Waals surface area contributed by atoms with Gasteiger partial charge < -0.3 is 9.47 Å². The van der Waals surface area contributed by atoms with E-state index in [4.69, 9.17) is 14.7 Å². The zero-order valence-corrected chi connectivity index (χ0v) is 14.7. The molecule has 0 aliphatic heterocycles. The molecular weight excluding hydrogens is 343 g/mol. The van der Waals surface area contributed by atoms with Crippen molar-refractivity contribution in [2.75, 3.05) is 7.11 Å². The SMILES string of the molecule is COc1cc(/C=C/c2ccc(C#N)cn2)ccc1OCc1ccc(F)cc1. The smallest absolute Gasteiger partial charge is 0.161 e. The molecule has 0 unspecified atom stereocenters. The Morgan fingerprint density at radius 3 is 2.52 bits per heavy atom. The van der Waals surface area contributed by atoms with Crippen molar-refractivity contribution < 1.29 is 13.9 Å². The summed E-state index contributed by atoms with van der Waals surface area (Å²) in [5.74, 6) is 0.937. The van der Waals surface area contributed by atoms with Crippen molar-refractivity contribution >= 4 is 12.2 Å². The molecule has 0 radical (unpaired) electrons. The lowest BCUT2D eigenvalue weighted by Gasteiger charge is -2.11. The van der Waals surface area contributed by atoms with E-state index in [-0.39, 0.29) is 5.82 Å². The van der Waals surface area contributed by atoms with Gasteiger partial charge in [-0.15, -0.1) is 0 Å². The van der Waals surface area contributed by atoms with Gasteiger partial charge in [-0.25, -0.2) is 4.39 Å². The maximum Gasteiger partial charge on any atom is 0.161 e. The van der Waals surface area contributed by atoms with E-state index in [2.05, 4.69) is 4.98 Å². The minimum atomic E-state index is -0.274. The summed E-state index contributed by atoms with van der Waals surface area (Å²) < 4.78 is 24.1. The Hall–Kier alpha value is -3.65. The lowest BCUT2D eigenvalue weighted by Crippen LogP contribution is -1.98. The Balaban J connectivity index is 1.70. The largest absolute Gasteiger partial charge is 0.493 e. The van der Waals surface area contributed by atoms with Gasteiger partial charge in [-0.1, -0.05) is 24.3 Å². The number of nitrogens with zero attached hydrogens (tertiary/aromatic N) is 2. The fraction of sp³-hybridized carbons (Fsp3) is 0.0909. The second kappa shape index (κ2) is 8.63.